The van der Waals surface area contributed by atoms with Crippen LogP contribution in [0, 0.1) is 5.92 Å². The standard InChI is InChI=1S/C9H14BrNS/c1-6(2)8(4-11)9-3-7(10)5-12-9/h3,5-6,8H,4,11H2,1-2H3. The molecule has 0 bridgehead atoms. The molecule has 1 aromatic heterocycles. The van der Waals surface area contributed by atoms with E-state index in [1.807, 2.05) is 0 Å². The largest absolute Gasteiger partial charge is 0.330 e. The highest BCUT2D eigenvalue weighted by atomic mass is 79.9. The molecule has 0 fully saturated rings. The summed E-state index contributed by atoms with van der Waals surface area (Å²) < 4.78 is 1.17. The fraction of sp³-hybridized carbons (Fsp3) is 0.556. The Morgan fingerprint density at radius 1 is 1.58 bits per heavy atom. The number of thiophene rings is 1. The lowest BCUT2D eigenvalue weighted by molar-refractivity contribution is 0.513. The van der Waals surface area contributed by atoms with Gasteiger partial charge in [0, 0.05) is 27.2 Å². The molecule has 1 unspecified atom stereocenters. The second-order valence-electron chi connectivity index (χ2n) is 3.25. The fourth-order valence-corrected chi connectivity index (χ4v) is 2.97. The minimum atomic E-state index is 0.515. The van der Waals surface area contributed by atoms with Gasteiger partial charge in [0.05, 0.1) is 0 Å². The zero-order valence-electron chi connectivity index (χ0n) is 7.38. The molecule has 1 nitrogen and oxygen atoms in total. The second-order valence-corrected chi connectivity index (χ2v) is 5.11. The van der Waals surface area contributed by atoms with Gasteiger partial charge in [0.1, 0.15) is 0 Å². The SMILES string of the molecule is CC(C)C(CN)c1cc(Br)cs1. The van der Waals surface area contributed by atoms with Crippen molar-refractivity contribution in [3.63, 3.8) is 0 Å². The molecule has 0 aliphatic heterocycles. The Labute approximate surface area is 86.1 Å². The number of halogens is 1. The van der Waals surface area contributed by atoms with Gasteiger partial charge in [-0.2, -0.15) is 0 Å². The summed E-state index contributed by atoms with van der Waals surface area (Å²) in [5, 5.41) is 2.11. The van der Waals surface area contributed by atoms with Gasteiger partial charge in [0.25, 0.3) is 0 Å². The van der Waals surface area contributed by atoms with E-state index in [1.165, 1.54) is 9.35 Å². The van der Waals surface area contributed by atoms with E-state index in [9.17, 15) is 0 Å². The Balaban J connectivity index is 2.80. The van der Waals surface area contributed by atoms with Gasteiger partial charge in [-0.3, -0.25) is 0 Å². The molecule has 0 aliphatic rings. The van der Waals surface area contributed by atoms with Crippen molar-refractivity contribution in [2.45, 2.75) is 19.8 Å². The molecular formula is C9H14BrNS. The molecule has 0 saturated carbocycles. The predicted octanol–water partition coefficient (Wildman–Crippen LogP) is 3.21. The summed E-state index contributed by atoms with van der Waals surface area (Å²) in [5.74, 6) is 1.14. The first-order valence-electron chi connectivity index (χ1n) is 4.09. The van der Waals surface area contributed by atoms with Crippen molar-refractivity contribution in [3.8, 4) is 0 Å². The van der Waals surface area contributed by atoms with Crippen LogP contribution in [-0.2, 0) is 0 Å². The fourth-order valence-electron chi connectivity index (χ4n) is 1.24. The van der Waals surface area contributed by atoms with Gasteiger partial charge < -0.3 is 5.73 Å². The smallest absolute Gasteiger partial charge is 0.0285 e. The van der Waals surface area contributed by atoms with Gasteiger partial charge in [-0.15, -0.1) is 11.3 Å². The maximum atomic E-state index is 5.71. The molecule has 1 aromatic rings. The molecule has 12 heavy (non-hydrogen) atoms. The number of hydrogen-bond acceptors (Lipinski definition) is 2. The lowest BCUT2D eigenvalue weighted by atomic mass is 9.95. The van der Waals surface area contributed by atoms with Crippen LogP contribution < -0.4 is 5.73 Å². The van der Waals surface area contributed by atoms with Crippen molar-refractivity contribution in [1.82, 2.24) is 0 Å². The molecule has 1 atom stereocenters. The van der Waals surface area contributed by atoms with E-state index < -0.39 is 0 Å². The third kappa shape index (κ3) is 2.31. The van der Waals surface area contributed by atoms with Crippen molar-refractivity contribution >= 4 is 27.3 Å². The maximum absolute atomic E-state index is 5.71. The third-order valence-corrected chi connectivity index (χ3v) is 3.84. The van der Waals surface area contributed by atoms with Crippen LogP contribution in [0.2, 0.25) is 0 Å². The quantitative estimate of drug-likeness (QED) is 0.873. The Morgan fingerprint density at radius 2 is 2.25 bits per heavy atom. The molecule has 0 aliphatic carbocycles. The van der Waals surface area contributed by atoms with E-state index in [1.54, 1.807) is 11.3 Å². The molecule has 1 rings (SSSR count). The average molecular weight is 248 g/mol. The van der Waals surface area contributed by atoms with Crippen molar-refractivity contribution in [1.29, 1.82) is 0 Å². The Morgan fingerprint density at radius 3 is 2.58 bits per heavy atom. The molecular weight excluding hydrogens is 234 g/mol. The number of hydrogen-bond donors (Lipinski definition) is 1. The zero-order valence-corrected chi connectivity index (χ0v) is 9.78. The van der Waals surface area contributed by atoms with E-state index in [0.717, 1.165) is 6.54 Å². The predicted molar refractivity (Wildman–Crippen MR) is 58.7 cm³/mol. The summed E-state index contributed by atoms with van der Waals surface area (Å²) in [5.41, 5.74) is 5.71. The number of rotatable bonds is 3. The van der Waals surface area contributed by atoms with Gasteiger partial charge in [-0.1, -0.05) is 13.8 Å². The molecule has 68 valence electrons. The van der Waals surface area contributed by atoms with E-state index in [2.05, 4.69) is 41.2 Å². The highest BCUT2D eigenvalue weighted by Crippen LogP contribution is 2.30. The maximum Gasteiger partial charge on any atom is 0.0285 e. The summed E-state index contributed by atoms with van der Waals surface area (Å²) in [6.07, 6.45) is 0. The second kappa shape index (κ2) is 4.40. The van der Waals surface area contributed by atoms with Crippen LogP contribution in [-0.4, -0.2) is 6.54 Å². The molecule has 0 saturated heterocycles. The number of nitrogens with two attached hydrogens (primary N) is 1. The first-order valence-corrected chi connectivity index (χ1v) is 5.76. The summed E-state index contributed by atoms with van der Waals surface area (Å²) in [7, 11) is 0. The molecule has 2 N–H and O–H groups in total. The molecule has 0 aromatic carbocycles. The molecule has 1 heterocycles. The van der Waals surface area contributed by atoms with Crippen LogP contribution in [0.1, 0.15) is 24.6 Å². The Kier molecular flexibility index (Phi) is 3.75. The van der Waals surface area contributed by atoms with E-state index in [0.29, 0.717) is 11.8 Å². The van der Waals surface area contributed by atoms with Gasteiger partial charge in [0.2, 0.25) is 0 Å². The van der Waals surface area contributed by atoms with Gasteiger partial charge in [-0.25, -0.2) is 0 Å². The van der Waals surface area contributed by atoms with Crippen LogP contribution in [0.15, 0.2) is 15.9 Å². The lowest BCUT2D eigenvalue weighted by Gasteiger charge is -2.16. The average Bonchev–Trinajstić information content (AvgIpc) is 2.37. The van der Waals surface area contributed by atoms with Gasteiger partial charge in [-0.05, 0) is 27.9 Å². The van der Waals surface area contributed by atoms with Crippen LogP contribution >= 0.6 is 27.3 Å². The Bertz CT molecular complexity index is 244. The van der Waals surface area contributed by atoms with Crippen LogP contribution in [0.3, 0.4) is 0 Å². The van der Waals surface area contributed by atoms with Crippen molar-refractivity contribution in [2.24, 2.45) is 11.7 Å². The molecule has 3 heteroatoms. The third-order valence-electron chi connectivity index (χ3n) is 2.01. The summed E-state index contributed by atoms with van der Waals surface area (Å²) in [4.78, 5) is 1.39. The highest BCUT2D eigenvalue weighted by molar-refractivity contribution is 9.10. The van der Waals surface area contributed by atoms with Crippen LogP contribution in [0.4, 0.5) is 0 Å². The van der Waals surface area contributed by atoms with Crippen molar-refractivity contribution in [3.05, 3.63) is 20.8 Å². The summed E-state index contributed by atoms with van der Waals surface area (Å²) in [6.45, 7) is 5.17. The van der Waals surface area contributed by atoms with Crippen molar-refractivity contribution in [2.75, 3.05) is 6.54 Å². The summed E-state index contributed by atoms with van der Waals surface area (Å²) >= 11 is 5.23. The van der Waals surface area contributed by atoms with E-state index in [-0.39, 0.29) is 0 Å². The highest BCUT2D eigenvalue weighted by Gasteiger charge is 2.15. The monoisotopic (exact) mass is 247 g/mol. The lowest BCUT2D eigenvalue weighted by Crippen LogP contribution is -2.16. The first kappa shape index (κ1) is 10.2. The summed E-state index contributed by atoms with van der Waals surface area (Å²) in [6, 6.07) is 2.17. The zero-order chi connectivity index (χ0) is 9.14. The van der Waals surface area contributed by atoms with Gasteiger partial charge >= 0.3 is 0 Å². The van der Waals surface area contributed by atoms with Gasteiger partial charge in [0.15, 0.2) is 0 Å². The van der Waals surface area contributed by atoms with E-state index in [4.69, 9.17) is 5.73 Å². The molecule has 0 spiro atoms. The van der Waals surface area contributed by atoms with Crippen LogP contribution in [0.5, 0.6) is 0 Å². The Hall–Kier alpha value is 0.140. The molecule has 0 radical (unpaired) electrons. The van der Waals surface area contributed by atoms with E-state index >= 15 is 0 Å². The normalized spacial score (nSPS) is 13.8. The van der Waals surface area contributed by atoms with Crippen LogP contribution in [0.25, 0.3) is 0 Å². The minimum Gasteiger partial charge on any atom is -0.330 e. The van der Waals surface area contributed by atoms with Crippen molar-refractivity contribution < 1.29 is 0 Å². The minimum absolute atomic E-state index is 0.515. The first-order chi connectivity index (χ1) is 5.65. The molecule has 0 amide bonds. The topological polar surface area (TPSA) is 26.0 Å².